The van der Waals surface area contributed by atoms with E-state index < -0.39 is 73.9 Å². The average Bonchev–Trinajstić information content (AvgIpc) is 3.42. The van der Waals surface area contributed by atoms with E-state index in [2.05, 4.69) is 106 Å². The third kappa shape index (κ3) is 41.6. The second-order valence-electron chi connectivity index (χ2n) is 19.2. The number of ether oxygens (including phenoxy) is 5. The second-order valence-corrected chi connectivity index (χ2v) is 19.2. The SMILES string of the molecule is CC/C=C\C/C=C\C/C=C\C/C=C\C/C=C\CC(=O)OCC(COC1OC(C(=O)O)C(O)C(O)C1OC(=O)CCCCCCCCC/C=C\CCCCCCCC)OC(=O)C/C=C\C/C=C\C/C=C\C/C=C\C/C=C\CC. The number of hydrogen-bond donors (Lipinski definition) is 3. The zero-order valence-electron chi connectivity index (χ0n) is 47.4. The minimum absolute atomic E-state index is 0.0294. The van der Waals surface area contributed by atoms with Crippen LogP contribution in [0.1, 0.15) is 201 Å². The van der Waals surface area contributed by atoms with Crippen LogP contribution in [-0.4, -0.2) is 89.2 Å². The molecule has 6 atom stereocenters. The summed E-state index contributed by atoms with van der Waals surface area (Å²) in [4.78, 5) is 51.0. The summed E-state index contributed by atoms with van der Waals surface area (Å²) in [6.07, 6.45) is 60.5. The van der Waals surface area contributed by atoms with E-state index in [4.69, 9.17) is 23.7 Å². The van der Waals surface area contributed by atoms with Crippen molar-refractivity contribution in [3.8, 4) is 0 Å². The number of aliphatic hydroxyl groups is 2. The van der Waals surface area contributed by atoms with Gasteiger partial charge < -0.3 is 39.0 Å². The van der Waals surface area contributed by atoms with Crippen molar-refractivity contribution in [2.45, 2.75) is 237 Å². The van der Waals surface area contributed by atoms with Crippen molar-refractivity contribution >= 4 is 23.9 Å². The fraction of sp³-hybridized carbons (Fsp3) is 0.600. The largest absolute Gasteiger partial charge is 0.479 e. The molecule has 6 unspecified atom stereocenters. The molecule has 0 aromatic rings. The molecule has 0 spiro atoms. The monoisotopic (exact) mass is 1070 g/mol. The fourth-order valence-corrected chi connectivity index (χ4v) is 7.86. The number of carbonyl (C=O) groups is 4. The maximum atomic E-state index is 13.1. The van der Waals surface area contributed by atoms with Gasteiger partial charge in [0.1, 0.15) is 18.8 Å². The van der Waals surface area contributed by atoms with Gasteiger partial charge >= 0.3 is 23.9 Å². The number of aliphatic carboxylic acids is 1. The van der Waals surface area contributed by atoms with Crippen molar-refractivity contribution in [1.82, 2.24) is 0 Å². The number of carboxylic acids is 1. The van der Waals surface area contributed by atoms with Gasteiger partial charge in [-0.2, -0.15) is 0 Å². The molecular weight excluding hydrogens is 973 g/mol. The zero-order valence-corrected chi connectivity index (χ0v) is 47.4. The number of unbranched alkanes of at least 4 members (excludes halogenated alkanes) is 13. The van der Waals surface area contributed by atoms with Gasteiger partial charge in [-0.3, -0.25) is 14.4 Å². The van der Waals surface area contributed by atoms with E-state index in [1.165, 1.54) is 38.5 Å². The van der Waals surface area contributed by atoms with E-state index in [-0.39, 0.29) is 19.3 Å². The van der Waals surface area contributed by atoms with Gasteiger partial charge in [0, 0.05) is 6.42 Å². The standard InChI is InChI=1S/C65H100O12/c1-4-7-10-13-16-19-22-25-28-29-32-35-38-41-44-47-50-53-59(68)76-63-61(70)60(69)62(64(71)72)77-65(63)74-55-56(75-58(67)52-49-46-43-40-37-34-31-27-24-21-18-15-12-9-6-3)54-73-57(66)51-48-45-42-39-36-33-30-26-23-20-17-14-11-8-5-2/h8-9,11-12,17-18,20-21,25-28,30-31,36-37,39-40,45-46,48-49,56,60-63,65,69-70H,4-7,10,13-16,19,22-24,29,32-35,38,41-44,47,50-55H2,1-3H3,(H,71,72)/b11-8-,12-9-,20-17-,21-18-,28-25-,30-26-,31-27-,39-36-,40-37-,48-45-,49-46-. The summed E-state index contributed by atoms with van der Waals surface area (Å²) in [5.41, 5.74) is 0. The highest BCUT2D eigenvalue weighted by molar-refractivity contribution is 5.74. The van der Waals surface area contributed by atoms with Crippen LogP contribution in [0, 0.1) is 0 Å². The minimum atomic E-state index is -1.94. The summed E-state index contributed by atoms with van der Waals surface area (Å²) in [5.74, 6) is -3.48. The van der Waals surface area contributed by atoms with Crippen LogP contribution in [0.15, 0.2) is 134 Å². The Labute approximate surface area is 464 Å². The first-order chi connectivity index (χ1) is 37.6. The Balaban J connectivity index is 2.80. The number of carboxylic acid groups (broad SMARTS) is 1. The molecular formula is C65H100O12. The van der Waals surface area contributed by atoms with Gasteiger partial charge in [0.25, 0.3) is 0 Å². The first kappa shape index (κ1) is 69.9. The van der Waals surface area contributed by atoms with Gasteiger partial charge in [-0.15, -0.1) is 0 Å². The highest BCUT2D eigenvalue weighted by Gasteiger charge is 2.50. The molecule has 432 valence electrons. The molecule has 0 aromatic heterocycles. The van der Waals surface area contributed by atoms with Crippen LogP contribution >= 0.6 is 0 Å². The van der Waals surface area contributed by atoms with Gasteiger partial charge in [-0.25, -0.2) is 4.79 Å². The molecule has 1 heterocycles. The molecule has 0 amide bonds. The lowest BCUT2D eigenvalue weighted by molar-refractivity contribution is -0.301. The van der Waals surface area contributed by atoms with Crippen molar-refractivity contribution in [2.75, 3.05) is 13.2 Å². The first-order valence-electron chi connectivity index (χ1n) is 29.2. The van der Waals surface area contributed by atoms with E-state index in [0.29, 0.717) is 19.3 Å². The molecule has 1 aliphatic rings. The molecule has 1 aliphatic heterocycles. The van der Waals surface area contributed by atoms with Gasteiger partial charge in [0.05, 0.1) is 19.4 Å². The van der Waals surface area contributed by atoms with Crippen molar-refractivity contribution in [3.05, 3.63) is 134 Å². The van der Waals surface area contributed by atoms with Gasteiger partial charge in [-0.05, 0) is 96.3 Å². The first-order valence-corrected chi connectivity index (χ1v) is 29.2. The van der Waals surface area contributed by atoms with Crippen molar-refractivity contribution in [2.24, 2.45) is 0 Å². The molecule has 77 heavy (non-hydrogen) atoms. The van der Waals surface area contributed by atoms with Crippen LogP contribution in [0.25, 0.3) is 0 Å². The molecule has 0 radical (unpaired) electrons. The summed E-state index contributed by atoms with van der Waals surface area (Å²) in [6, 6.07) is 0. The summed E-state index contributed by atoms with van der Waals surface area (Å²) in [7, 11) is 0. The molecule has 1 rings (SSSR count). The molecule has 0 bridgehead atoms. The highest BCUT2D eigenvalue weighted by Crippen LogP contribution is 2.26. The molecule has 12 nitrogen and oxygen atoms in total. The van der Waals surface area contributed by atoms with Gasteiger partial charge in [0.15, 0.2) is 24.6 Å². The number of allylic oxidation sites excluding steroid dienone is 20. The molecule has 1 fully saturated rings. The fourth-order valence-electron chi connectivity index (χ4n) is 7.86. The maximum Gasteiger partial charge on any atom is 0.335 e. The topological polar surface area (TPSA) is 175 Å². The van der Waals surface area contributed by atoms with Crippen molar-refractivity contribution in [1.29, 1.82) is 0 Å². The molecule has 1 saturated heterocycles. The lowest BCUT2D eigenvalue weighted by Crippen LogP contribution is -2.61. The quantitative estimate of drug-likeness (QED) is 0.0228. The lowest BCUT2D eigenvalue weighted by Gasteiger charge is -2.40. The van der Waals surface area contributed by atoms with Crippen LogP contribution < -0.4 is 0 Å². The van der Waals surface area contributed by atoms with Crippen LogP contribution in [-0.2, 0) is 42.9 Å². The summed E-state index contributed by atoms with van der Waals surface area (Å²) in [5, 5.41) is 31.5. The third-order valence-corrected chi connectivity index (χ3v) is 12.3. The summed E-state index contributed by atoms with van der Waals surface area (Å²) >= 11 is 0. The second kappa shape index (κ2) is 51.6. The predicted molar refractivity (Wildman–Crippen MR) is 312 cm³/mol. The predicted octanol–water partition coefficient (Wildman–Crippen LogP) is 15.0. The molecule has 3 N–H and O–H groups in total. The third-order valence-electron chi connectivity index (χ3n) is 12.3. The van der Waals surface area contributed by atoms with E-state index in [1.54, 1.807) is 12.2 Å². The van der Waals surface area contributed by atoms with Gasteiger partial charge in [0.2, 0.25) is 0 Å². The van der Waals surface area contributed by atoms with E-state index in [9.17, 15) is 34.5 Å². The van der Waals surface area contributed by atoms with Crippen LogP contribution in [0.2, 0.25) is 0 Å². The van der Waals surface area contributed by atoms with E-state index >= 15 is 0 Å². The van der Waals surface area contributed by atoms with Crippen LogP contribution in [0.5, 0.6) is 0 Å². The molecule has 12 heteroatoms. The van der Waals surface area contributed by atoms with E-state index in [0.717, 1.165) is 103 Å². The number of esters is 3. The normalized spacial score (nSPS) is 19.0. The van der Waals surface area contributed by atoms with Crippen LogP contribution in [0.3, 0.4) is 0 Å². The Kier molecular flexibility index (Phi) is 46.8. The van der Waals surface area contributed by atoms with Gasteiger partial charge in [-0.1, -0.05) is 219 Å². The van der Waals surface area contributed by atoms with Crippen molar-refractivity contribution in [3.63, 3.8) is 0 Å². The summed E-state index contributed by atoms with van der Waals surface area (Å²) in [6.45, 7) is 5.57. The Bertz CT molecular complexity index is 1850. The van der Waals surface area contributed by atoms with Crippen molar-refractivity contribution < 1.29 is 58.2 Å². The Morgan fingerprint density at radius 1 is 0.455 bits per heavy atom. The Hall–Kier alpha value is -5.14. The highest BCUT2D eigenvalue weighted by atomic mass is 16.7. The zero-order chi connectivity index (χ0) is 56.1. The molecule has 0 aromatic carbocycles. The smallest absolute Gasteiger partial charge is 0.335 e. The number of aliphatic hydroxyl groups excluding tert-OH is 2. The Morgan fingerprint density at radius 2 is 0.857 bits per heavy atom. The molecule has 0 aliphatic carbocycles. The molecule has 0 saturated carbocycles. The minimum Gasteiger partial charge on any atom is -0.479 e. The maximum absolute atomic E-state index is 13.1. The van der Waals surface area contributed by atoms with E-state index in [1.807, 2.05) is 36.5 Å². The number of hydrogen-bond acceptors (Lipinski definition) is 11. The average molecular weight is 1070 g/mol. The Morgan fingerprint density at radius 3 is 1.30 bits per heavy atom. The number of rotatable bonds is 47. The van der Waals surface area contributed by atoms with Crippen LogP contribution in [0.4, 0.5) is 0 Å². The summed E-state index contributed by atoms with van der Waals surface area (Å²) < 4.78 is 28.1. The lowest BCUT2D eigenvalue weighted by atomic mass is 9.98. The number of carbonyl (C=O) groups excluding carboxylic acids is 3.